The number of rotatable bonds is 7. The Kier molecular flexibility index (Phi) is 7.16. The van der Waals surface area contributed by atoms with Gasteiger partial charge in [-0.1, -0.05) is 18.2 Å². The number of allylic oxidation sites excluding steroid dienone is 3. The Morgan fingerprint density at radius 2 is 2.09 bits per heavy atom. The summed E-state index contributed by atoms with van der Waals surface area (Å²) in [7, 11) is 1.30. The number of carbonyl (C=O) groups excluding carboxylic acids is 3. The summed E-state index contributed by atoms with van der Waals surface area (Å²) in [5.74, 6) is -1.99. The van der Waals surface area contributed by atoms with Crippen molar-refractivity contribution in [2.75, 3.05) is 20.3 Å². The van der Waals surface area contributed by atoms with Gasteiger partial charge in [0.05, 0.1) is 19.3 Å². The molecule has 1 unspecified atom stereocenters. The van der Waals surface area contributed by atoms with Gasteiger partial charge in [-0.05, 0) is 52.0 Å². The van der Waals surface area contributed by atoms with E-state index in [2.05, 4.69) is 0 Å². The van der Waals surface area contributed by atoms with Crippen molar-refractivity contribution in [3.05, 3.63) is 35.5 Å². The standard InChI is InChI=1S/C24H32O9/c1-15(19(27)32-14-17(26)13-25)5-4-9-22(2)18-8-11-23(21(29)33-22)10-6-16(20(28)31-3)7-12-24(18,23)30/h4-6,9,17-18,25-26,30H,7-8,10-14H2,1-3H3/b9-4+,15-5+/t17?,18-,22+,23+,24-/m0/s1. The van der Waals surface area contributed by atoms with Crippen LogP contribution in [-0.2, 0) is 28.6 Å². The highest BCUT2D eigenvalue weighted by molar-refractivity contribution is 5.89. The number of aliphatic hydroxyl groups excluding tert-OH is 2. The second-order valence-corrected chi connectivity index (χ2v) is 9.24. The fraction of sp³-hybridized carbons (Fsp3) is 0.625. The highest BCUT2D eigenvalue weighted by Gasteiger charge is 2.71. The normalized spacial score (nSPS) is 34.7. The molecule has 2 aliphatic carbocycles. The van der Waals surface area contributed by atoms with E-state index in [9.17, 15) is 24.6 Å². The lowest BCUT2D eigenvalue weighted by Crippen LogP contribution is -2.63. The first-order valence-corrected chi connectivity index (χ1v) is 11.1. The van der Waals surface area contributed by atoms with Crippen molar-refractivity contribution in [2.24, 2.45) is 11.3 Å². The Bertz CT molecular complexity index is 904. The van der Waals surface area contributed by atoms with Crippen LogP contribution in [0.15, 0.2) is 35.5 Å². The molecule has 1 saturated heterocycles. The number of hydrogen-bond acceptors (Lipinski definition) is 9. The SMILES string of the molecule is COC(=O)C1=CC[C@@]23CC[C@@H]([C@@](C)(/C=C/C=C(\C)C(=O)OCC(O)CO)OC2=O)[C@@]3(O)CC1. The summed E-state index contributed by atoms with van der Waals surface area (Å²) >= 11 is 0. The Morgan fingerprint density at radius 3 is 2.76 bits per heavy atom. The molecule has 9 nitrogen and oxygen atoms in total. The van der Waals surface area contributed by atoms with E-state index in [-0.39, 0.29) is 30.9 Å². The number of methoxy groups -OCH3 is 1. The zero-order valence-electron chi connectivity index (χ0n) is 19.2. The molecule has 33 heavy (non-hydrogen) atoms. The molecule has 3 rings (SSSR count). The minimum absolute atomic E-state index is 0.216. The number of carbonyl (C=O) groups is 3. The van der Waals surface area contributed by atoms with Crippen LogP contribution in [0.2, 0.25) is 0 Å². The fourth-order valence-electron chi connectivity index (χ4n) is 5.34. The molecule has 0 aromatic carbocycles. The van der Waals surface area contributed by atoms with E-state index in [0.717, 1.165) is 0 Å². The minimum Gasteiger partial charge on any atom is -0.466 e. The van der Waals surface area contributed by atoms with Crippen molar-refractivity contribution in [3.63, 3.8) is 0 Å². The third kappa shape index (κ3) is 4.37. The third-order valence-electron chi connectivity index (χ3n) is 7.29. The number of ether oxygens (including phenoxy) is 3. The van der Waals surface area contributed by atoms with Crippen molar-refractivity contribution < 1.29 is 43.9 Å². The Labute approximate surface area is 192 Å². The highest BCUT2D eigenvalue weighted by Crippen LogP contribution is 2.63. The lowest BCUT2D eigenvalue weighted by molar-refractivity contribution is -0.224. The van der Waals surface area contributed by atoms with Gasteiger partial charge in [-0.25, -0.2) is 9.59 Å². The first kappa shape index (κ1) is 25.1. The molecule has 1 saturated carbocycles. The summed E-state index contributed by atoms with van der Waals surface area (Å²) in [6.45, 7) is 2.44. The number of aliphatic hydroxyl groups is 3. The maximum absolute atomic E-state index is 13.2. The Hall–Kier alpha value is -2.49. The molecule has 0 radical (unpaired) electrons. The van der Waals surface area contributed by atoms with E-state index in [0.29, 0.717) is 24.8 Å². The lowest BCUT2D eigenvalue weighted by atomic mass is 9.62. The zero-order valence-corrected chi connectivity index (χ0v) is 19.2. The summed E-state index contributed by atoms with van der Waals surface area (Å²) in [5, 5.41) is 29.9. The summed E-state index contributed by atoms with van der Waals surface area (Å²) in [6, 6.07) is 0. The van der Waals surface area contributed by atoms with E-state index in [4.69, 9.17) is 19.3 Å². The van der Waals surface area contributed by atoms with Crippen molar-refractivity contribution >= 4 is 17.9 Å². The lowest BCUT2D eigenvalue weighted by Gasteiger charge is -2.52. The molecule has 1 heterocycles. The molecule has 3 aliphatic rings. The largest absolute Gasteiger partial charge is 0.466 e. The van der Waals surface area contributed by atoms with Gasteiger partial charge >= 0.3 is 17.9 Å². The second-order valence-electron chi connectivity index (χ2n) is 9.24. The van der Waals surface area contributed by atoms with Crippen LogP contribution in [0, 0.1) is 11.3 Å². The molecular weight excluding hydrogens is 432 g/mol. The average molecular weight is 465 g/mol. The maximum atomic E-state index is 13.2. The fourth-order valence-corrected chi connectivity index (χ4v) is 5.34. The van der Waals surface area contributed by atoms with Gasteiger partial charge in [-0.2, -0.15) is 0 Å². The van der Waals surface area contributed by atoms with E-state index >= 15 is 0 Å². The van der Waals surface area contributed by atoms with Crippen LogP contribution in [-0.4, -0.2) is 70.9 Å². The van der Waals surface area contributed by atoms with Crippen LogP contribution in [0.4, 0.5) is 0 Å². The molecule has 0 spiro atoms. The van der Waals surface area contributed by atoms with Crippen LogP contribution in [0.25, 0.3) is 0 Å². The van der Waals surface area contributed by atoms with Gasteiger partial charge in [-0.3, -0.25) is 4.79 Å². The predicted octanol–water partition coefficient (Wildman–Crippen LogP) is 1.11. The van der Waals surface area contributed by atoms with Gasteiger partial charge in [0.15, 0.2) is 0 Å². The minimum atomic E-state index is -1.34. The monoisotopic (exact) mass is 464 g/mol. The average Bonchev–Trinajstić information content (AvgIpc) is 2.92. The van der Waals surface area contributed by atoms with Gasteiger partial charge in [0, 0.05) is 17.1 Å². The van der Waals surface area contributed by atoms with Crippen LogP contribution in [0.1, 0.15) is 46.0 Å². The molecule has 0 aromatic heterocycles. The molecule has 0 amide bonds. The molecule has 0 aromatic rings. The molecule has 182 valence electrons. The summed E-state index contributed by atoms with van der Waals surface area (Å²) in [5.41, 5.74) is -2.83. The topological polar surface area (TPSA) is 140 Å². The van der Waals surface area contributed by atoms with Gasteiger partial charge in [0.1, 0.15) is 23.7 Å². The molecule has 3 N–H and O–H groups in total. The number of esters is 3. The number of cyclic esters (lactones) is 1. The molecular formula is C24H32O9. The quantitative estimate of drug-likeness (QED) is 0.219. The van der Waals surface area contributed by atoms with Gasteiger partial charge in [0.2, 0.25) is 0 Å². The van der Waals surface area contributed by atoms with Crippen molar-refractivity contribution in [2.45, 2.75) is 63.3 Å². The van der Waals surface area contributed by atoms with Crippen LogP contribution >= 0.6 is 0 Å². The van der Waals surface area contributed by atoms with E-state index in [1.165, 1.54) is 20.1 Å². The summed E-state index contributed by atoms with van der Waals surface area (Å²) in [6.07, 6.45) is 7.07. The second kappa shape index (κ2) is 9.40. The Morgan fingerprint density at radius 1 is 1.36 bits per heavy atom. The summed E-state index contributed by atoms with van der Waals surface area (Å²) < 4.78 is 15.6. The van der Waals surface area contributed by atoms with Crippen molar-refractivity contribution in [1.29, 1.82) is 0 Å². The summed E-state index contributed by atoms with van der Waals surface area (Å²) in [4.78, 5) is 37.3. The van der Waals surface area contributed by atoms with E-state index in [1.807, 2.05) is 0 Å². The molecule has 2 bridgehead atoms. The third-order valence-corrected chi connectivity index (χ3v) is 7.29. The molecule has 5 atom stereocenters. The van der Waals surface area contributed by atoms with Crippen molar-refractivity contribution in [3.8, 4) is 0 Å². The van der Waals surface area contributed by atoms with Crippen LogP contribution in [0.3, 0.4) is 0 Å². The maximum Gasteiger partial charge on any atom is 0.333 e. The smallest absolute Gasteiger partial charge is 0.333 e. The molecule has 9 heteroatoms. The Balaban J connectivity index is 1.80. The van der Waals surface area contributed by atoms with E-state index < -0.39 is 47.2 Å². The first-order valence-electron chi connectivity index (χ1n) is 11.1. The highest BCUT2D eigenvalue weighted by atomic mass is 16.6. The van der Waals surface area contributed by atoms with Crippen molar-refractivity contribution in [1.82, 2.24) is 0 Å². The molecule has 1 aliphatic heterocycles. The van der Waals surface area contributed by atoms with Gasteiger partial charge < -0.3 is 29.5 Å². The molecule has 2 fully saturated rings. The van der Waals surface area contributed by atoms with Crippen LogP contribution < -0.4 is 0 Å². The van der Waals surface area contributed by atoms with Crippen LogP contribution in [0.5, 0.6) is 0 Å². The van der Waals surface area contributed by atoms with Gasteiger partial charge in [-0.15, -0.1) is 0 Å². The first-order chi connectivity index (χ1) is 15.5. The predicted molar refractivity (Wildman–Crippen MR) is 116 cm³/mol. The zero-order chi connectivity index (χ0) is 24.4. The number of hydrogen-bond donors (Lipinski definition) is 3. The van der Waals surface area contributed by atoms with Gasteiger partial charge in [0.25, 0.3) is 0 Å². The van der Waals surface area contributed by atoms with E-state index in [1.54, 1.807) is 25.2 Å².